The molecule has 0 aromatic carbocycles. The van der Waals surface area contributed by atoms with Gasteiger partial charge < -0.3 is 29.5 Å². The van der Waals surface area contributed by atoms with Crippen molar-refractivity contribution in [1.29, 1.82) is 5.41 Å². The van der Waals surface area contributed by atoms with E-state index in [1.54, 1.807) is 4.90 Å². The van der Waals surface area contributed by atoms with Crippen LogP contribution in [-0.4, -0.2) is 53.0 Å². The molecule has 0 saturated carbocycles. The first-order valence-corrected chi connectivity index (χ1v) is 9.15. The summed E-state index contributed by atoms with van der Waals surface area (Å²) in [4.78, 5) is 21.8. The fourth-order valence-corrected chi connectivity index (χ4v) is 2.73. The monoisotopic (exact) mass is 441 g/mol. The summed E-state index contributed by atoms with van der Waals surface area (Å²) in [6, 6.07) is 2.49. The highest BCUT2D eigenvalue weighted by molar-refractivity contribution is 5.92. The molecule has 3 rings (SSSR count). The van der Waals surface area contributed by atoms with Gasteiger partial charge in [-0.1, -0.05) is 6.08 Å². The lowest BCUT2D eigenvalue weighted by atomic mass is 10.3. The molecule has 1 amide bonds. The molecule has 2 N–H and O–H groups in total. The summed E-state index contributed by atoms with van der Waals surface area (Å²) in [7, 11) is 0. The van der Waals surface area contributed by atoms with Crippen LogP contribution in [0.1, 0.15) is 29.7 Å². The summed E-state index contributed by atoms with van der Waals surface area (Å²) < 4.78 is 50.6. The fraction of sp³-hybridized carbons (Fsp3) is 0.368. The van der Waals surface area contributed by atoms with Gasteiger partial charge in [0.15, 0.2) is 12.3 Å². The minimum Gasteiger partial charge on any atom is -0.482 e. The van der Waals surface area contributed by atoms with Gasteiger partial charge in [0.05, 0.1) is 6.20 Å². The molecule has 1 aliphatic rings. The third-order valence-electron chi connectivity index (χ3n) is 4.04. The number of alkyl halides is 3. The maximum Gasteiger partial charge on any atom is 0.574 e. The topological polar surface area (TPSA) is 114 Å². The van der Waals surface area contributed by atoms with Crippen LogP contribution in [0.25, 0.3) is 0 Å². The quantitative estimate of drug-likeness (QED) is 0.635. The maximum absolute atomic E-state index is 12.5. The van der Waals surface area contributed by atoms with Gasteiger partial charge in [-0.05, 0) is 32.3 Å². The van der Waals surface area contributed by atoms with Crippen molar-refractivity contribution < 1.29 is 31.9 Å². The molecule has 1 saturated heterocycles. The van der Waals surface area contributed by atoms with Crippen molar-refractivity contribution >= 4 is 12.6 Å². The Hall–Kier alpha value is -3.57. The van der Waals surface area contributed by atoms with E-state index in [1.807, 2.05) is 19.2 Å². The van der Waals surface area contributed by atoms with E-state index in [0.717, 1.165) is 18.7 Å². The second kappa shape index (κ2) is 11.0. The first-order chi connectivity index (χ1) is 14.8. The minimum atomic E-state index is -4.81. The highest BCUT2D eigenvalue weighted by atomic mass is 19.4. The number of carbonyl (C=O) groups excluding carboxylic acids is 1. The molecule has 0 radical (unpaired) electrons. The van der Waals surface area contributed by atoms with Crippen molar-refractivity contribution in [2.75, 3.05) is 13.1 Å². The molecular formula is C19H22F3N5O4. The van der Waals surface area contributed by atoms with E-state index < -0.39 is 12.2 Å². The lowest BCUT2D eigenvalue weighted by Gasteiger charge is -2.14. The molecule has 1 aliphatic heterocycles. The van der Waals surface area contributed by atoms with Crippen molar-refractivity contribution in [2.24, 2.45) is 0 Å². The van der Waals surface area contributed by atoms with Gasteiger partial charge in [-0.15, -0.1) is 13.2 Å². The molecule has 1 fully saturated rings. The number of likely N-dealkylation sites (tertiary alicyclic amines) is 1. The first-order valence-electron chi connectivity index (χ1n) is 9.15. The van der Waals surface area contributed by atoms with Crippen LogP contribution in [0, 0.1) is 5.41 Å². The van der Waals surface area contributed by atoms with Gasteiger partial charge in [0.25, 0.3) is 5.91 Å². The van der Waals surface area contributed by atoms with Gasteiger partial charge in [0, 0.05) is 25.2 Å². The molecule has 3 heterocycles. The van der Waals surface area contributed by atoms with Crippen molar-refractivity contribution in [3.8, 4) is 11.6 Å². The average molecular weight is 441 g/mol. The number of ether oxygens (including phenoxy) is 2. The number of hydrogen-bond donors (Lipinski definition) is 2. The van der Waals surface area contributed by atoms with Crippen LogP contribution in [0.15, 0.2) is 41.3 Å². The molecule has 0 aliphatic carbocycles. The van der Waals surface area contributed by atoms with E-state index in [-0.39, 0.29) is 35.9 Å². The number of nitrogens with zero attached hydrogens (tertiary/aromatic N) is 3. The Kier molecular flexibility index (Phi) is 8.41. The Labute approximate surface area is 176 Å². The van der Waals surface area contributed by atoms with Crippen LogP contribution < -0.4 is 14.8 Å². The van der Waals surface area contributed by atoms with Gasteiger partial charge in [-0.2, -0.15) is 0 Å². The molecule has 0 spiro atoms. The molecule has 0 bridgehead atoms. The smallest absolute Gasteiger partial charge is 0.482 e. The second-order valence-corrected chi connectivity index (χ2v) is 6.20. The predicted molar refractivity (Wildman–Crippen MR) is 104 cm³/mol. The van der Waals surface area contributed by atoms with E-state index in [4.69, 9.17) is 14.6 Å². The number of pyridine rings is 1. The molecule has 2 aromatic heterocycles. The zero-order valence-corrected chi connectivity index (χ0v) is 16.7. The number of allylic oxidation sites excluding steroid dienone is 1. The molecule has 1 unspecified atom stereocenters. The molecule has 2 aromatic rings. The molecule has 31 heavy (non-hydrogen) atoms. The van der Waals surface area contributed by atoms with Crippen LogP contribution in [0.5, 0.6) is 11.6 Å². The summed E-state index contributed by atoms with van der Waals surface area (Å²) in [5.74, 6) is -0.475. The number of hydrogen-bond acceptors (Lipinski definition) is 8. The van der Waals surface area contributed by atoms with Crippen molar-refractivity contribution in [2.45, 2.75) is 32.4 Å². The summed E-state index contributed by atoms with van der Waals surface area (Å²) in [5.41, 5.74) is 0.169. The summed E-state index contributed by atoms with van der Waals surface area (Å²) in [6.45, 7) is 5.48. The average Bonchev–Trinajstić information content (AvgIpc) is 3.41. The number of nitrogens with one attached hydrogen (secondary N) is 2. The van der Waals surface area contributed by atoms with Crippen LogP contribution >= 0.6 is 0 Å². The van der Waals surface area contributed by atoms with Gasteiger partial charge in [0.2, 0.25) is 11.8 Å². The van der Waals surface area contributed by atoms with Crippen LogP contribution in [0.3, 0.4) is 0 Å². The second-order valence-electron chi connectivity index (χ2n) is 6.20. The van der Waals surface area contributed by atoms with Gasteiger partial charge >= 0.3 is 6.36 Å². The normalized spacial score (nSPS) is 16.0. The Morgan fingerprint density at radius 1 is 1.45 bits per heavy atom. The number of amides is 1. The molecule has 1 atom stereocenters. The van der Waals surface area contributed by atoms with E-state index in [2.05, 4.69) is 26.7 Å². The number of aromatic nitrogens is 2. The Bertz CT molecular complexity index is 870. The minimum absolute atomic E-state index is 0.111. The lowest BCUT2D eigenvalue weighted by Crippen LogP contribution is -2.33. The number of rotatable bonds is 7. The Balaban J connectivity index is 0.00000166. The zero-order chi connectivity index (χ0) is 22.9. The highest BCUT2D eigenvalue weighted by Crippen LogP contribution is 2.22. The third kappa shape index (κ3) is 7.32. The molecular weight excluding hydrogens is 419 g/mol. The van der Waals surface area contributed by atoms with Crippen LogP contribution in [0.2, 0.25) is 0 Å². The fourth-order valence-electron chi connectivity index (χ4n) is 2.73. The predicted octanol–water partition coefficient (Wildman–Crippen LogP) is 3.15. The van der Waals surface area contributed by atoms with E-state index >= 15 is 0 Å². The van der Waals surface area contributed by atoms with Gasteiger partial charge in [0.1, 0.15) is 12.0 Å². The maximum atomic E-state index is 12.5. The SMILES string of the molecule is C/C=C\NC1CCN(C(=O)c2coc(COc3ccc(OC(F)(F)F)nc3)n2)C1.C=N. The van der Waals surface area contributed by atoms with Crippen molar-refractivity contribution in [1.82, 2.24) is 20.2 Å². The largest absolute Gasteiger partial charge is 0.574 e. The molecule has 168 valence electrons. The van der Waals surface area contributed by atoms with E-state index in [0.29, 0.717) is 13.1 Å². The van der Waals surface area contributed by atoms with Crippen LogP contribution in [-0.2, 0) is 6.61 Å². The number of halogens is 3. The summed E-state index contributed by atoms with van der Waals surface area (Å²) >= 11 is 0. The van der Waals surface area contributed by atoms with Crippen LogP contribution in [0.4, 0.5) is 13.2 Å². The molecule has 9 nitrogen and oxygen atoms in total. The number of carbonyl (C=O) groups is 1. The number of oxazole rings is 1. The van der Waals surface area contributed by atoms with Crippen molar-refractivity contribution in [3.05, 3.63) is 48.5 Å². The highest BCUT2D eigenvalue weighted by Gasteiger charge is 2.31. The Morgan fingerprint density at radius 2 is 2.23 bits per heavy atom. The van der Waals surface area contributed by atoms with E-state index in [1.165, 1.54) is 12.3 Å². The lowest BCUT2D eigenvalue weighted by molar-refractivity contribution is -0.276. The summed E-state index contributed by atoms with van der Waals surface area (Å²) in [5, 5.41) is 8.71. The zero-order valence-electron chi connectivity index (χ0n) is 16.7. The third-order valence-corrected chi connectivity index (χ3v) is 4.04. The van der Waals surface area contributed by atoms with Crippen molar-refractivity contribution in [3.63, 3.8) is 0 Å². The van der Waals surface area contributed by atoms with E-state index in [9.17, 15) is 18.0 Å². The standard InChI is InChI=1S/C18H19F3N4O4.CH3N/c1-2-6-22-12-5-7-25(9-12)17(26)14-10-28-16(24-14)11-27-13-3-4-15(23-8-13)29-18(19,20)21;1-2/h2-4,6,8,10,12,22H,5,7,9,11H2,1H3;2H,1H2/b6-2-;. The van der Waals surface area contributed by atoms with Gasteiger partial charge in [-0.25, -0.2) is 9.97 Å². The summed E-state index contributed by atoms with van der Waals surface area (Å²) in [6.07, 6.45) is 2.10. The van der Waals surface area contributed by atoms with Gasteiger partial charge in [-0.3, -0.25) is 4.79 Å². The Morgan fingerprint density at radius 3 is 2.87 bits per heavy atom. The first kappa shape index (κ1) is 23.7. The molecule has 12 heteroatoms.